The Labute approximate surface area is 121 Å². The van der Waals surface area contributed by atoms with Crippen molar-refractivity contribution in [1.82, 2.24) is 5.43 Å². The third kappa shape index (κ3) is 3.67. The topological polar surface area (TPSA) is 38.0 Å². The maximum atomic E-state index is 13.9. The third-order valence-corrected chi connectivity index (χ3v) is 3.34. The second-order valence-electron chi connectivity index (χ2n) is 4.22. The number of rotatable bonds is 4. The van der Waals surface area contributed by atoms with E-state index in [1.807, 2.05) is 18.2 Å². The Morgan fingerprint density at radius 1 is 1.11 bits per heavy atom. The molecule has 0 saturated heterocycles. The minimum absolute atomic E-state index is 0.337. The molecule has 0 radical (unpaired) electrons. The Kier molecular flexibility index (Phi) is 4.77. The van der Waals surface area contributed by atoms with Gasteiger partial charge in [-0.2, -0.15) is 0 Å². The van der Waals surface area contributed by atoms with Crippen LogP contribution in [-0.4, -0.2) is 0 Å². The van der Waals surface area contributed by atoms with Gasteiger partial charge in [-0.1, -0.05) is 41.4 Å². The molecule has 2 rings (SSSR count). The molecule has 1 atom stereocenters. The molecule has 0 aliphatic heterocycles. The van der Waals surface area contributed by atoms with E-state index in [-0.39, 0.29) is 11.9 Å². The molecule has 3 N–H and O–H groups in total. The van der Waals surface area contributed by atoms with E-state index in [0.29, 0.717) is 22.0 Å². The Morgan fingerprint density at radius 3 is 2.47 bits per heavy atom. The number of benzene rings is 2. The van der Waals surface area contributed by atoms with Gasteiger partial charge in [-0.15, -0.1) is 0 Å². The van der Waals surface area contributed by atoms with Crippen molar-refractivity contribution in [1.29, 1.82) is 0 Å². The number of hydrazine groups is 1. The normalized spacial score (nSPS) is 12.4. The van der Waals surface area contributed by atoms with E-state index < -0.39 is 0 Å². The molecule has 0 amide bonds. The molecule has 0 saturated carbocycles. The number of halogens is 3. The van der Waals surface area contributed by atoms with Crippen molar-refractivity contribution in [2.24, 2.45) is 5.84 Å². The highest BCUT2D eigenvalue weighted by atomic mass is 35.5. The number of hydrogen-bond donors (Lipinski definition) is 2. The minimum Gasteiger partial charge on any atom is -0.271 e. The lowest BCUT2D eigenvalue weighted by Crippen LogP contribution is -2.30. The number of nitrogens with two attached hydrogens (primary N) is 1. The average molecular weight is 299 g/mol. The van der Waals surface area contributed by atoms with Crippen LogP contribution in [0, 0.1) is 5.82 Å². The van der Waals surface area contributed by atoms with E-state index in [2.05, 4.69) is 5.43 Å². The molecule has 0 aliphatic carbocycles. The van der Waals surface area contributed by atoms with Crippen LogP contribution in [0.25, 0.3) is 0 Å². The summed E-state index contributed by atoms with van der Waals surface area (Å²) in [4.78, 5) is 0. The largest absolute Gasteiger partial charge is 0.271 e. The molecule has 0 heterocycles. The number of nitrogens with one attached hydrogen (secondary N) is 1. The van der Waals surface area contributed by atoms with Crippen LogP contribution in [0.5, 0.6) is 0 Å². The zero-order valence-electron chi connectivity index (χ0n) is 10.0. The van der Waals surface area contributed by atoms with Crippen LogP contribution in [-0.2, 0) is 6.42 Å². The van der Waals surface area contributed by atoms with Crippen LogP contribution in [0.3, 0.4) is 0 Å². The van der Waals surface area contributed by atoms with Gasteiger partial charge in [-0.3, -0.25) is 11.3 Å². The van der Waals surface area contributed by atoms with Crippen molar-refractivity contribution < 1.29 is 4.39 Å². The molecular formula is C14H13Cl2FN2. The van der Waals surface area contributed by atoms with Crippen LogP contribution in [0.15, 0.2) is 42.5 Å². The Morgan fingerprint density at radius 2 is 1.84 bits per heavy atom. The average Bonchev–Trinajstić information content (AvgIpc) is 2.37. The molecule has 19 heavy (non-hydrogen) atoms. The molecule has 1 unspecified atom stereocenters. The van der Waals surface area contributed by atoms with Crippen molar-refractivity contribution in [2.45, 2.75) is 12.5 Å². The molecule has 0 spiro atoms. The summed E-state index contributed by atoms with van der Waals surface area (Å²) < 4.78 is 13.9. The Balaban J connectivity index is 2.25. The second kappa shape index (κ2) is 6.35. The van der Waals surface area contributed by atoms with E-state index in [1.54, 1.807) is 18.2 Å². The fourth-order valence-electron chi connectivity index (χ4n) is 1.94. The fraction of sp³-hybridized carbons (Fsp3) is 0.143. The Bertz CT molecular complexity index is 575. The lowest BCUT2D eigenvalue weighted by atomic mass is 9.99. The summed E-state index contributed by atoms with van der Waals surface area (Å²) in [5.41, 5.74) is 4.08. The van der Waals surface area contributed by atoms with Gasteiger partial charge < -0.3 is 0 Å². The number of hydrogen-bond acceptors (Lipinski definition) is 2. The first kappa shape index (κ1) is 14.3. The molecule has 0 fully saturated rings. The van der Waals surface area contributed by atoms with Crippen molar-refractivity contribution in [3.05, 3.63) is 69.5 Å². The monoisotopic (exact) mass is 298 g/mol. The first-order valence-electron chi connectivity index (χ1n) is 5.75. The minimum atomic E-state index is -0.377. The third-order valence-electron chi connectivity index (χ3n) is 2.87. The first-order chi connectivity index (χ1) is 9.10. The van der Waals surface area contributed by atoms with Crippen LogP contribution in [0.4, 0.5) is 4.39 Å². The molecule has 0 aromatic heterocycles. The predicted molar refractivity (Wildman–Crippen MR) is 76.6 cm³/mol. The maximum Gasteiger partial charge on any atom is 0.129 e. The zero-order valence-corrected chi connectivity index (χ0v) is 11.5. The summed E-state index contributed by atoms with van der Waals surface area (Å²) in [5.74, 6) is 5.14. The van der Waals surface area contributed by atoms with Gasteiger partial charge in [0.2, 0.25) is 0 Å². The van der Waals surface area contributed by atoms with Gasteiger partial charge in [0, 0.05) is 15.6 Å². The lowest BCUT2D eigenvalue weighted by Gasteiger charge is -2.17. The SMILES string of the molecule is NNC(Cc1cccc(Cl)c1)c1ccc(Cl)cc1F. The summed E-state index contributed by atoms with van der Waals surface area (Å²) in [6, 6.07) is 11.6. The van der Waals surface area contributed by atoms with Gasteiger partial charge in [0.1, 0.15) is 5.82 Å². The molecule has 0 aliphatic rings. The van der Waals surface area contributed by atoms with Crippen LogP contribution in [0.1, 0.15) is 17.2 Å². The molecule has 2 nitrogen and oxygen atoms in total. The smallest absolute Gasteiger partial charge is 0.129 e. The van der Waals surface area contributed by atoms with Crippen molar-refractivity contribution >= 4 is 23.2 Å². The van der Waals surface area contributed by atoms with Crippen LogP contribution < -0.4 is 11.3 Å². The van der Waals surface area contributed by atoms with E-state index in [1.165, 1.54) is 6.07 Å². The summed E-state index contributed by atoms with van der Waals surface area (Å²) in [6.07, 6.45) is 0.537. The summed E-state index contributed by atoms with van der Waals surface area (Å²) in [5, 5.41) is 1.00. The van der Waals surface area contributed by atoms with E-state index >= 15 is 0 Å². The molecule has 100 valence electrons. The molecular weight excluding hydrogens is 286 g/mol. The first-order valence-corrected chi connectivity index (χ1v) is 6.51. The van der Waals surface area contributed by atoms with Crippen LogP contribution >= 0.6 is 23.2 Å². The quantitative estimate of drug-likeness (QED) is 0.664. The second-order valence-corrected chi connectivity index (χ2v) is 5.09. The summed E-state index contributed by atoms with van der Waals surface area (Å²) >= 11 is 11.7. The zero-order chi connectivity index (χ0) is 13.8. The summed E-state index contributed by atoms with van der Waals surface area (Å²) in [6.45, 7) is 0. The van der Waals surface area contributed by atoms with Gasteiger partial charge >= 0.3 is 0 Å². The van der Waals surface area contributed by atoms with Gasteiger partial charge in [0.25, 0.3) is 0 Å². The van der Waals surface area contributed by atoms with Crippen LogP contribution in [0.2, 0.25) is 10.0 Å². The van der Waals surface area contributed by atoms with Crippen molar-refractivity contribution in [2.75, 3.05) is 0 Å². The predicted octanol–water partition coefficient (Wildman–Crippen LogP) is 3.88. The van der Waals surface area contributed by atoms with Gasteiger partial charge in [0.05, 0.1) is 6.04 Å². The van der Waals surface area contributed by atoms with Gasteiger partial charge in [-0.05, 0) is 36.2 Å². The molecule has 2 aromatic carbocycles. The molecule has 0 bridgehead atoms. The highest BCUT2D eigenvalue weighted by molar-refractivity contribution is 6.30. The Hall–Kier alpha value is -1.13. The van der Waals surface area contributed by atoms with Crippen molar-refractivity contribution in [3.63, 3.8) is 0 Å². The van der Waals surface area contributed by atoms with E-state index in [4.69, 9.17) is 29.0 Å². The summed E-state index contributed by atoms with van der Waals surface area (Å²) in [7, 11) is 0. The molecule has 2 aromatic rings. The van der Waals surface area contributed by atoms with Gasteiger partial charge in [-0.25, -0.2) is 4.39 Å². The van der Waals surface area contributed by atoms with E-state index in [0.717, 1.165) is 5.56 Å². The van der Waals surface area contributed by atoms with E-state index in [9.17, 15) is 4.39 Å². The maximum absolute atomic E-state index is 13.9. The lowest BCUT2D eigenvalue weighted by molar-refractivity contribution is 0.510. The molecule has 5 heteroatoms. The fourth-order valence-corrected chi connectivity index (χ4v) is 2.31. The highest BCUT2D eigenvalue weighted by Crippen LogP contribution is 2.24. The standard InChI is InChI=1S/C14H13Cl2FN2/c15-10-3-1-2-9(6-10)7-14(19-18)12-5-4-11(16)8-13(12)17/h1-6,8,14,19H,7,18H2. The van der Waals surface area contributed by atoms with Gasteiger partial charge in [0.15, 0.2) is 0 Å². The highest BCUT2D eigenvalue weighted by Gasteiger charge is 2.15. The van der Waals surface area contributed by atoms with Crippen molar-refractivity contribution in [3.8, 4) is 0 Å².